The smallest absolute Gasteiger partial charge is 0.200 e. The van der Waals surface area contributed by atoms with Gasteiger partial charge in [0.2, 0.25) is 0 Å². The number of hydrogen-bond donors (Lipinski definition) is 10. The molecule has 0 fully saturated rings. The third-order valence-electron chi connectivity index (χ3n) is 7.68. The Morgan fingerprint density at radius 1 is 0.595 bits per heavy atom. The van der Waals surface area contributed by atoms with Crippen LogP contribution in [0.1, 0.15) is 45.9 Å². The number of rotatable bonds is 3. The van der Waals surface area contributed by atoms with E-state index in [1.54, 1.807) is 0 Å². The van der Waals surface area contributed by atoms with E-state index in [4.69, 9.17) is 9.47 Å². The monoisotopic (exact) mass is 578 g/mol. The summed E-state index contributed by atoms with van der Waals surface area (Å²) >= 11 is 0. The Morgan fingerprint density at radius 2 is 1.29 bits per heavy atom. The molecule has 0 saturated carbocycles. The fourth-order valence-electron chi connectivity index (χ4n) is 5.68. The van der Waals surface area contributed by atoms with Crippen LogP contribution in [-0.2, 0) is 6.42 Å². The zero-order valence-electron chi connectivity index (χ0n) is 21.6. The summed E-state index contributed by atoms with van der Waals surface area (Å²) in [6, 6.07) is 11.2. The number of benzene rings is 4. The summed E-state index contributed by atoms with van der Waals surface area (Å²) in [7, 11) is 0. The number of aliphatic hydroxyl groups is 2. The maximum Gasteiger partial charge on any atom is 0.200 e. The van der Waals surface area contributed by atoms with Crippen LogP contribution in [-0.4, -0.2) is 63.3 Å². The molecular formula is C30H26O12. The normalized spacial score (nSPS) is 22.9. The molecule has 6 rings (SSSR count). The molecule has 2 aliphatic heterocycles. The molecule has 0 amide bonds. The third kappa shape index (κ3) is 4.24. The molecule has 10 N–H and O–H groups in total. The summed E-state index contributed by atoms with van der Waals surface area (Å²) in [5, 5.41) is 105. The molecule has 0 radical (unpaired) electrons. The predicted octanol–water partition coefficient (Wildman–Crippen LogP) is 3.00. The molecule has 0 unspecified atom stereocenters. The summed E-state index contributed by atoms with van der Waals surface area (Å²) in [6.45, 7) is 0. The van der Waals surface area contributed by atoms with Crippen LogP contribution in [0.25, 0.3) is 0 Å². The molecule has 2 heterocycles. The summed E-state index contributed by atoms with van der Waals surface area (Å²) in [5.41, 5.74) is 0.770. The number of hydrogen-bond acceptors (Lipinski definition) is 12. The molecule has 4 aromatic rings. The molecule has 2 aliphatic rings. The molecule has 12 nitrogen and oxygen atoms in total. The Bertz CT molecular complexity index is 1690. The second-order valence-corrected chi connectivity index (χ2v) is 10.3. The van der Waals surface area contributed by atoms with E-state index in [-0.39, 0.29) is 57.4 Å². The number of phenolic OH excluding ortho intramolecular Hbond substituents is 8. The quantitative estimate of drug-likeness (QED) is 0.159. The number of ether oxygens (including phenoxy) is 2. The highest BCUT2D eigenvalue weighted by atomic mass is 16.5. The molecule has 0 bridgehead atoms. The van der Waals surface area contributed by atoms with Gasteiger partial charge in [-0.1, -0.05) is 12.1 Å². The number of phenols is 8. The van der Waals surface area contributed by atoms with Crippen molar-refractivity contribution < 1.29 is 60.5 Å². The lowest BCUT2D eigenvalue weighted by Crippen LogP contribution is -2.36. The second kappa shape index (κ2) is 9.72. The SMILES string of the molecule is Oc1ccc2c(c1)O[C@H](c1cc(O)c(O)c(O)c1)[C@@H](O)[C@H]2c1c(O)cc(O)c2c1O[C@H](c1ccc(O)c(O)c1)[C@H](O)C2. The number of aliphatic hydroxyl groups excluding tert-OH is 2. The van der Waals surface area contributed by atoms with Crippen molar-refractivity contribution in [1.82, 2.24) is 0 Å². The Labute approximate surface area is 237 Å². The summed E-state index contributed by atoms with van der Waals surface area (Å²) in [6.07, 6.45) is -5.35. The van der Waals surface area contributed by atoms with Crippen molar-refractivity contribution in [2.75, 3.05) is 0 Å². The van der Waals surface area contributed by atoms with Gasteiger partial charge in [0, 0.05) is 46.7 Å². The van der Waals surface area contributed by atoms with Gasteiger partial charge in [0.25, 0.3) is 0 Å². The minimum Gasteiger partial charge on any atom is -0.508 e. The number of aromatic hydroxyl groups is 8. The van der Waals surface area contributed by atoms with Crippen molar-refractivity contribution >= 4 is 0 Å². The molecule has 5 atom stereocenters. The van der Waals surface area contributed by atoms with Gasteiger partial charge >= 0.3 is 0 Å². The molecule has 218 valence electrons. The van der Waals surface area contributed by atoms with Crippen molar-refractivity contribution in [3.8, 4) is 57.5 Å². The van der Waals surface area contributed by atoms with Gasteiger partial charge in [-0.05, 0) is 35.9 Å². The number of fused-ring (bicyclic) bond motifs is 2. The van der Waals surface area contributed by atoms with Crippen LogP contribution >= 0.6 is 0 Å². The van der Waals surface area contributed by atoms with E-state index >= 15 is 0 Å². The average molecular weight is 579 g/mol. The fraction of sp³-hybridized carbons (Fsp3) is 0.200. The Hall–Kier alpha value is -5.20. The highest BCUT2D eigenvalue weighted by Gasteiger charge is 2.45. The maximum absolute atomic E-state index is 11.7. The first-order valence-electron chi connectivity index (χ1n) is 12.8. The van der Waals surface area contributed by atoms with Crippen molar-refractivity contribution in [1.29, 1.82) is 0 Å². The fourth-order valence-corrected chi connectivity index (χ4v) is 5.68. The van der Waals surface area contributed by atoms with E-state index in [0.29, 0.717) is 5.56 Å². The van der Waals surface area contributed by atoms with Crippen LogP contribution < -0.4 is 9.47 Å². The highest BCUT2D eigenvalue weighted by molar-refractivity contribution is 5.64. The van der Waals surface area contributed by atoms with Crippen LogP contribution in [0.15, 0.2) is 54.6 Å². The molecular weight excluding hydrogens is 552 g/mol. The van der Waals surface area contributed by atoms with E-state index in [1.807, 2.05) is 0 Å². The minimum atomic E-state index is -1.54. The molecule has 0 aliphatic carbocycles. The van der Waals surface area contributed by atoms with Gasteiger partial charge in [-0.2, -0.15) is 0 Å². The molecule has 4 aromatic carbocycles. The molecule has 0 aromatic heterocycles. The first-order chi connectivity index (χ1) is 19.9. The summed E-state index contributed by atoms with van der Waals surface area (Å²) in [5.74, 6) is -5.14. The summed E-state index contributed by atoms with van der Waals surface area (Å²) in [4.78, 5) is 0. The Morgan fingerprint density at radius 3 is 1.98 bits per heavy atom. The van der Waals surface area contributed by atoms with Crippen molar-refractivity contribution in [3.05, 3.63) is 82.4 Å². The third-order valence-corrected chi connectivity index (χ3v) is 7.68. The van der Waals surface area contributed by atoms with Crippen LogP contribution in [0.5, 0.6) is 57.5 Å². The van der Waals surface area contributed by atoms with Crippen molar-refractivity contribution in [2.45, 2.75) is 36.8 Å². The Kier molecular flexibility index (Phi) is 6.24. The van der Waals surface area contributed by atoms with Crippen LogP contribution in [0.2, 0.25) is 0 Å². The van der Waals surface area contributed by atoms with Crippen molar-refractivity contribution in [3.63, 3.8) is 0 Å². The van der Waals surface area contributed by atoms with Crippen LogP contribution in [0.4, 0.5) is 0 Å². The van der Waals surface area contributed by atoms with Gasteiger partial charge in [0.1, 0.15) is 41.0 Å². The van der Waals surface area contributed by atoms with Gasteiger partial charge in [0.15, 0.2) is 34.9 Å². The van der Waals surface area contributed by atoms with Gasteiger partial charge in [-0.15, -0.1) is 0 Å². The summed E-state index contributed by atoms with van der Waals surface area (Å²) < 4.78 is 12.2. The topological polar surface area (TPSA) is 221 Å². The largest absolute Gasteiger partial charge is 0.508 e. The van der Waals surface area contributed by atoms with Crippen LogP contribution in [0.3, 0.4) is 0 Å². The molecule has 42 heavy (non-hydrogen) atoms. The van der Waals surface area contributed by atoms with E-state index in [2.05, 4.69) is 0 Å². The van der Waals surface area contributed by atoms with Crippen LogP contribution in [0, 0.1) is 0 Å². The lowest BCUT2D eigenvalue weighted by atomic mass is 9.77. The molecule has 12 heteroatoms. The average Bonchev–Trinajstić information content (AvgIpc) is 2.94. The first kappa shape index (κ1) is 27.0. The van der Waals surface area contributed by atoms with Crippen molar-refractivity contribution in [2.24, 2.45) is 0 Å². The minimum absolute atomic E-state index is 0.00247. The molecule has 0 saturated heterocycles. The van der Waals surface area contributed by atoms with E-state index < -0.39 is 59.1 Å². The first-order valence-corrected chi connectivity index (χ1v) is 12.8. The van der Waals surface area contributed by atoms with Gasteiger partial charge in [0.05, 0.1) is 6.10 Å². The zero-order valence-corrected chi connectivity index (χ0v) is 21.6. The maximum atomic E-state index is 11.7. The lowest BCUT2D eigenvalue weighted by Gasteiger charge is -2.40. The standard InChI is InChI=1S/C30H26O12/c31-13-2-3-14-23(8-13)41-29(12-6-20(36)26(39)21(37)7-12)27(40)24(14)25-19(35)10-17(33)15-9-22(38)28(42-30(15)25)11-1-4-16(32)18(34)5-11/h1-8,10,22,24,27-29,31-40H,9H2/t22-,24-,27+,28-,29-/m1/s1. The predicted molar refractivity (Wildman–Crippen MR) is 143 cm³/mol. The van der Waals surface area contributed by atoms with E-state index in [0.717, 1.165) is 18.2 Å². The van der Waals surface area contributed by atoms with E-state index in [1.165, 1.54) is 36.4 Å². The van der Waals surface area contributed by atoms with Gasteiger partial charge in [-0.25, -0.2) is 0 Å². The lowest BCUT2D eigenvalue weighted by molar-refractivity contribution is 0.00179. The zero-order chi connectivity index (χ0) is 30.0. The Balaban J connectivity index is 1.53. The van der Waals surface area contributed by atoms with Gasteiger partial charge in [-0.3, -0.25) is 0 Å². The molecule has 0 spiro atoms. The highest BCUT2D eigenvalue weighted by Crippen LogP contribution is 2.55. The van der Waals surface area contributed by atoms with Gasteiger partial charge < -0.3 is 60.5 Å². The van der Waals surface area contributed by atoms with E-state index in [9.17, 15) is 51.1 Å². The second-order valence-electron chi connectivity index (χ2n) is 10.3.